The number of nitrogens with two attached hydrogens (primary N) is 1. The first-order valence-corrected chi connectivity index (χ1v) is 11.6. The minimum Gasteiger partial charge on any atom is -0.369 e. The van der Waals surface area contributed by atoms with Gasteiger partial charge < -0.3 is 10.6 Å². The second-order valence-corrected chi connectivity index (χ2v) is 9.06. The maximum Gasteiger partial charge on any atom is 0.353 e. The molecule has 1 saturated heterocycles. The number of anilines is 1. The molecule has 0 aliphatic carbocycles. The number of aromatic nitrogens is 5. The first-order chi connectivity index (χ1) is 16.7. The lowest BCUT2D eigenvalue weighted by Crippen LogP contribution is -2.41. The third-order valence-corrected chi connectivity index (χ3v) is 6.39. The predicted molar refractivity (Wildman–Crippen MR) is 130 cm³/mol. The van der Waals surface area contributed by atoms with Crippen molar-refractivity contribution in [2.45, 2.75) is 39.2 Å². The van der Waals surface area contributed by atoms with Crippen molar-refractivity contribution in [3.63, 3.8) is 0 Å². The lowest BCUT2D eigenvalue weighted by atomic mass is 9.99. The molecule has 0 unspecified atom stereocenters. The quantitative estimate of drug-likeness (QED) is 0.471. The molecular weight excluding hydrogens is 452 g/mol. The molecule has 10 heteroatoms. The summed E-state index contributed by atoms with van der Waals surface area (Å²) in [6, 6.07) is 13.5. The van der Waals surface area contributed by atoms with Crippen LogP contribution in [0.2, 0.25) is 0 Å². The Kier molecular flexibility index (Phi) is 5.84. The number of halogens is 2. The molecule has 4 aromatic rings. The number of alkyl halides is 2. The average molecular weight is 480 g/mol. The number of rotatable bonds is 5. The molecule has 1 aliphatic rings. The lowest BCUT2D eigenvalue weighted by Gasteiger charge is -2.31. The minimum absolute atomic E-state index is 0.0407. The summed E-state index contributed by atoms with van der Waals surface area (Å²) in [6.45, 7) is 5.11. The van der Waals surface area contributed by atoms with Crippen molar-refractivity contribution < 1.29 is 8.78 Å². The summed E-state index contributed by atoms with van der Waals surface area (Å²) in [4.78, 5) is 24.3. The van der Waals surface area contributed by atoms with Gasteiger partial charge in [-0.1, -0.05) is 30.3 Å². The van der Waals surface area contributed by atoms with E-state index in [1.54, 1.807) is 0 Å². The highest BCUT2D eigenvalue weighted by Crippen LogP contribution is 2.35. The van der Waals surface area contributed by atoms with Gasteiger partial charge in [0.15, 0.2) is 5.65 Å². The molecule has 5 rings (SSSR count). The number of fused-ring (bicyclic) bond motifs is 1. The van der Waals surface area contributed by atoms with Crippen molar-refractivity contribution in [2.75, 3.05) is 25.4 Å². The molecule has 1 aliphatic heterocycles. The standard InChI is InChI=1S/C25H27F2N7O/c1-16-14-19(15-17(2)29-16)20-21(18-6-4-3-5-7-18)30-23(28)34-22(20)31-33(24(34)35)13-12-32-10-8-25(26,27)9-11-32/h3-7,14-15H,8-13H2,1-2H3,(H2,28,30). The summed E-state index contributed by atoms with van der Waals surface area (Å²) in [5.74, 6) is -2.57. The van der Waals surface area contributed by atoms with Gasteiger partial charge in [-0.2, -0.15) is 0 Å². The van der Waals surface area contributed by atoms with E-state index in [1.165, 1.54) is 9.08 Å². The van der Waals surface area contributed by atoms with Crippen LogP contribution in [-0.4, -0.2) is 54.6 Å². The summed E-state index contributed by atoms with van der Waals surface area (Å²) in [5.41, 5.74) is 10.9. The molecule has 0 radical (unpaired) electrons. The summed E-state index contributed by atoms with van der Waals surface area (Å²) < 4.78 is 29.7. The average Bonchev–Trinajstić information content (AvgIpc) is 3.14. The van der Waals surface area contributed by atoms with E-state index in [2.05, 4.69) is 15.1 Å². The van der Waals surface area contributed by atoms with Crippen LogP contribution in [0.3, 0.4) is 0 Å². The van der Waals surface area contributed by atoms with Gasteiger partial charge in [0.25, 0.3) is 5.92 Å². The Morgan fingerprint density at radius 1 is 0.971 bits per heavy atom. The fraction of sp³-hybridized carbons (Fsp3) is 0.360. The van der Waals surface area contributed by atoms with Crippen LogP contribution >= 0.6 is 0 Å². The molecule has 4 heterocycles. The maximum absolute atomic E-state index is 13.5. The zero-order valence-electron chi connectivity index (χ0n) is 19.7. The zero-order valence-corrected chi connectivity index (χ0v) is 19.7. The summed E-state index contributed by atoms with van der Waals surface area (Å²) >= 11 is 0. The van der Waals surface area contributed by atoms with Gasteiger partial charge in [-0.3, -0.25) is 4.98 Å². The molecule has 2 N–H and O–H groups in total. The first kappa shape index (κ1) is 23.1. The Balaban J connectivity index is 1.62. The van der Waals surface area contributed by atoms with Gasteiger partial charge in [-0.25, -0.2) is 27.6 Å². The minimum atomic E-state index is -2.61. The second-order valence-electron chi connectivity index (χ2n) is 9.06. The molecule has 182 valence electrons. The number of nitrogen functional groups attached to an aromatic ring is 1. The van der Waals surface area contributed by atoms with E-state index in [1.807, 2.05) is 61.2 Å². The largest absolute Gasteiger partial charge is 0.369 e. The smallest absolute Gasteiger partial charge is 0.353 e. The molecule has 0 bridgehead atoms. The van der Waals surface area contributed by atoms with Crippen molar-refractivity contribution in [2.24, 2.45) is 0 Å². The normalized spacial score (nSPS) is 16.1. The fourth-order valence-corrected chi connectivity index (χ4v) is 4.64. The van der Waals surface area contributed by atoms with E-state index in [0.717, 1.165) is 22.5 Å². The van der Waals surface area contributed by atoms with Crippen LogP contribution in [0.5, 0.6) is 0 Å². The molecule has 0 amide bonds. The van der Waals surface area contributed by atoms with E-state index in [0.29, 0.717) is 23.4 Å². The third-order valence-electron chi connectivity index (χ3n) is 6.39. The van der Waals surface area contributed by atoms with Crippen LogP contribution in [0, 0.1) is 13.8 Å². The van der Waals surface area contributed by atoms with Gasteiger partial charge in [-0.05, 0) is 31.5 Å². The van der Waals surface area contributed by atoms with Crippen molar-refractivity contribution in [3.05, 3.63) is 64.3 Å². The molecular formula is C25H27F2N7O. The Labute approximate surface area is 201 Å². The third kappa shape index (κ3) is 4.53. The van der Waals surface area contributed by atoms with Crippen LogP contribution in [0.15, 0.2) is 47.3 Å². The number of likely N-dealkylation sites (tertiary alicyclic amines) is 1. The van der Waals surface area contributed by atoms with Crippen molar-refractivity contribution in [3.8, 4) is 22.4 Å². The highest BCUT2D eigenvalue weighted by atomic mass is 19.3. The van der Waals surface area contributed by atoms with Crippen LogP contribution in [-0.2, 0) is 6.54 Å². The molecule has 8 nitrogen and oxygen atoms in total. The molecule has 0 spiro atoms. The van der Waals surface area contributed by atoms with E-state index >= 15 is 0 Å². The monoisotopic (exact) mass is 479 g/mol. The van der Waals surface area contributed by atoms with Gasteiger partial charge in [0.05, 0.1) is 17.8 Å². The first-order valence-electron chi connectivity index (χ1n) is 11.6. The zero-order chi connectivity index (χ0) is 24.7. The second kappa shape index (κ2) is 8.84. The number of piperidine rings is 1. The topological polar surface area (TPSA) is 94.3 Å². The Morgan fingerprint density at radius 2 is 1.63 bits per heavy atom. The predicted octanol–water partition coefficient (Wildman–Crippen LogP) is 3.55. The number of hydrogen-bond donors (Lipinski definition) is 1. The van der Waals surface area contributed by atoms with E-state index in [-0.39, 0.29) is 38.4 Å². The van der Waals surface area contributed by atoms with E-state index in [4.69, 9.17) is 5.73 Å². The summed E-state index contributed by atoms with van der Waals surface area (Å²) in [5, 5.41) is 4.66. The van der Waals surface area contributed by atoms with Crippen LogP contribution in [0.25, 0.3) is 28.0 Å². The molecule has 35 heavy (non-hydrogen) atoms. The van der Waals surface area contributed by atoms with Gasteiger partial charge in [0, 0.05) is 49.4 Å². The lowest BCUT2D eigenvalue weighted by molar-refractivity contribution is -0.0556. The number of nitrogens with zero attached hydrogens (tertiary/aromatic N) is 6. The molecule has 0 saturated carbocycles. The fourth-order valence-electron chi connectivity index (χ4n) is 4.64. The van der Waals surface area contributed by atoms with Crippen molar-refractivity contribution >= 4 is 11.6 Å². The van der Waals surface area contributed by atoms with Crippen molar-refractivity contribution in [1.82, 2.24) is 29.0 Å². The SMILES string of the molecule is Cc1cc(-c2c(-c3ccccc3)nc(N)n3c(=O)n(CCN4CCC(F)(F)CC4)nc23)cc(C)n1. The summed E-state index contributed by atoms with van der Waals surface area (Å²) in [6.07, 6.45) is -0.343. The number of benzene rings is 1. The highest BCUT2D eigenvalue weighted by molar-refractivity contribution is 5.90. The number of aryl methyl sites for hydroxylation is 2. The van der Waals surface area contributed by atoms with E-state index in [9.17, 15) is 13.6 Å². The van der Waals surface area contributed by atoms with Gasteiger partial charge in [0.2, 0.25) is 5.95 Å². The van der Waals surface area contributed by atoms with Crippen LogP contribution in [0.1, 0.15) is 24.2 Å². The molecule has 1 aromatic carbocycles. The van der Waals surface area contributed by atoms with Crippen LogP contribution < -0.4 is 11.4 Å². The maximum atomic E-state index is 13.5. The van der Waals surface area contributed by atoms with Crippen LogP contribution in [0.4, 0.5) is 14.7 Å². The van der Waals surface area contributed by atoms with Gasteiger partial charge in [-0.15, -0.1) is 5.10 Å². The van der Waals surface area contributed by atoms with Gasteiger partial charge >= 0.3 is 5.69 Å². The highest BCUT2D eigenvalue weighted by Gasteiger charge is 2.33. The van der Waals surface area contributed by atoms with Crippen molar-refractivity contribution in [1.29, 1.82) is 0 Å². The van der Waals surface area contributed by atoms with Gasteiger partial charge in [0.1, 0.15) is 0 Å². The molecule has 1 fully saturated rings. The Bertz CT molecular complexity index is 1420. The number of pyridine rings is 1. The summed E-state index contributed by atoms with van der Waals surface area (Å²) in [7, 11) is 0. The Hall–Kier alpha value is -3.66. The number of hydrogen-bond acceptors (Lipinski definition) is 6. The van der Waals surface area contributed by atoms with E-state index < -0.39 is 11.6 Å². The molecule has 3 aromatic heterocycles. The molecule has 0 atom stereocenters. The Morgan fingerprint density at radius 3 is 2.29 bits per heavy atom.